The molecule has 0 radical (unpaired) electrons. The number of ketones is 1. The molecule has 0 aliphatic carbocycles. The molecule has 0 spiro atoms. The smallest absolute Gasteiger partial charge is 0.263 e. The first kappa shape index (κ1) is 21.6. The monoisotopic (exact) mass is 456 g/mol. The van der Waals surface area contributed by atoms with Gasteiger partial charge in [-0.15, -0.1) is 11.3 Å². The number of thioether (sulfide) groups is 1. The van der Waals surface area contributed by atoms with Crippen LogP contribution in [0.5, 0.6) is 0 Å². The second-order valence-corrected chi connectivity index (χ2v) is 9.68. The highest BCUT2D eigenvalue weighted by molar-refractivity contribution is 7.99. The Morgan fingerprint density at radius 1 is 1.19 bits per heavy atom. The molecule has 0 unspecified atom stereocenters. The lowest BCUT2D eigenvalue weighted by atomic mass is 10.2. The van der Waals surface area contributed by atoms with Gasteiger partial charge in [0.05, 0.1) is 11.1 Å². The van der Waals surface area contributed by atoms with Gasteiger partial charge in [-0.05, 0) is 53.2 Å². The van der Waals surface area contributed by atoms with Crippen molar-refractivity contribution in [1.29, 1.82) is 0 Å². The molecule has 31 heavy (non-hydrogen) atoms. The van der Waals surface area contributed by atoms with Gasteiger partial charge in [0.2, 0.25) is 0 Å². The highest BCUT2D eigenvalue weighted by atomic mass is 32.2. The Bertz CT molecular complexity index is 1370. The summed E-state index contributed by atoms with van der Waals surface area (Å²) in [5.41, 5.74) is 3.32. The van der Waals surface area contributed by atoms with Gasteiger partial charge < -0.3 is 4.52 Å². The molecule has 0 aliphatic heterocycles. The van der Waals surface area contributed by atoms with Gasteiger partial charge in [0, 0.05) is 34.4 Å². The summed E-state index contributed by atoms with van der Waals surface area (Å²) in [5.74, 6) is 1.56. The number of thiophene rings is 1. The normalized spacial score (nSPS) is 11.5. The summed E-state index contributed by atoms with van der Waals surface area (Å²) in [6.45, 7) is 12.1. The first-order valence-electron chi connectivity index (χ1n) is 10.0. The lowest BCUT2D eigenvalue weighted by molar-refractivity contribution is 0.102. The molecule has 4 rings (SSSR count). The average molecular weight is 457 g/mol. The Kier molecular flexibility index (Phi) is 5.65. The molecule has 0 bridgehead atoms. The van der Waals surface area contributed by atoms with Crippen LogP contribution in [0.3, 0.4) is 0 Å². The molecule has 7 nitrogen and oxygen atoms in total. The van der Waals surface area contributed by atoms with Crippen LogP contribution in [0.2, 0.25) is 0 Å². The number of Topliss-reactive ketones (excluding diaryl/α,β-unsaturated/α-hetero) is 1. The van der Waals surface area contributed by atoms with Gasteiger partial charge in [-0.3, -0.25) is 18.7 Å². The molecule has 0 amide bonds. The number of carbonyl (C=O) groups is 1. The van der Waals surface area contributed by atoms with Gasteiger partial charge >= 0.3 is 0 Å². The Morgan fingerprint density at radius 2 is 1.94 bits per heavy atom. The maximum atomic E-state index is 13.1. The van der Waals surface area contributed by atoms with Crippen LogP contribution in [0.1, 0.15) is 44.9 Å². The van der Waals surface area contributed by atoms with E-state index in [1.807, 2.05) is 58.2 Å². The second kappa shape index (κ2) is 8.12. The van der Waals surface area contributed by atoms with Crippen molar-refractivity contribution in [3.63, 3.8) is 0 Å². The summed E-state index contributed by atoms with van der Waals surface area (Å²) in [4.78, 5) is 32.6. The van der Waals surface area contributed by atoms with E-state index >= 15 is 0 Å². The first-order chi connectivity index (χ1) is 14.7. The van der Waals surface area contributed by atoms with E-state index in [1.165, 1.54) is 23.1 Å². The van der Waals surface area contributed by atoms with Crippen molar-refractivity contribution in [2.45, 2.75) is 53.2 Å². The lowest BCUT2D eigenvalue weighted by Crippen LogP contribution is -2.22. The number of aromatic nitrogens is 4. The molecule has 0 saturated heterocycles. The zero-order valence-corrected chi connectivity index (χ0v) is 20.0. The van der Waals surface area contributed by atoms with Crippen LogP contribution in [-0.2, 0) is 6.54 Å². The highest BCUT2D eigenvalue weighted by Gasteiger charge is 2.21. The fourth-order valence-corrected chi connectivity index (χ4v) is 5.78. The maximum absolute atomic E-state index is 13.1. The van der Waals surface area contributed by atoms with Gasteiger partial charge in [0.1, 0.15) is 10.6 Å². The third-order valence-electron chi connectivity index (χ3n) is 5.48. The third-order valence-corrected chi connectivity index (χ3v) is 7.56. The summed E-state index contributed by atoms with van der Waals surface area (Å²) < 4.78 is 8.75. The van der Waals surface area contributed by atoms with E-state index in [0.29, 0.717) is 34.2 Å². The van der Waals surface area contributed by atoms with E-state index in [4.69, 9.17) is 9.51 Å². The summed E-state index contributed by atoms with van der Waals surface area (Å²) in [6, 6.07) is 3.71. The predicted octanol–water partition coefficient (Wildman–Crippen LogP) is 4.77. The molecule has 0 N–H and O–H groups in total. The van der Waals surface area contributed by atoms with E-state index in [9.17, 15) is 9.59 Å². The number of hydrogen-bond acceptors (Lipinski definition) is 7. The minimum atomic E-state index is -0.0381. The van der Waals surface area contributed by atoms with Crippen molar-refractivity contribution in [3.05, 3.63) is 55.6 Å². The van der Waals surface area contributed by atoms with Gasteiger partial charge in [0.15, 0.2) is 16.8 Å². The fraction of sp³-hybridized carbons (Fsp3) is 0.364. The minimum absolute atomic E-state index is 0.0138. The number of fused-ring (bicyclic) bond motifs is 1. The Labute approximate surface area is 188 Å². The van der Waals surface area contributed by atoms with Gasteiger partial charge in [0.25, 0.3) is 5.56 Å². The molecule has 0 aliphatic rings. The third kappa shape index (κ3) is 3.65. The SMILES string of the molecule is CCn1c(SCC(=O)c2cc(C)n(-c3cc(C)on3)c2C)nc2sc(C)c(C)c2c1=O. The molecule has 4 aromatic rings. The Balaban J connectivity index is 1.64. The van der Waals surface area contributed by atoms with Crippen LogP contribution in [-0.4, -0.2) is 30.8 Å². The van der Waals surface area contributed by atoms with Gasteiger partial charge in [-0.1, -0.05) is 16.9 Å². The molecular weight excluding hydrogens is 432 g/mol. The van der Waals surface area contributed by atoms with E-state index < -0.39 is 0 Å². The summed E-state index contributed by atoms with van der Waals surface area (Å²) in [7, 11) is 0. The van der Waals surface area contributed by atoms with Crippen LogP contribution in [0, 0.1) is 34.6 Å². The topological polar surface area (TPSA) is 82.9 Å². The first-order valence-corrected chi connectivity index (χ1v) is 11.8. The molecule has 162 valence electrons. The number of aryl methyl sites for hydroxylation is 4. The predicted molar refractivity (Wildman–Crippen MR) is 124 cm³/mol. The molecule has 4 aromatic heterocycles. The van der Waals surface area contributed by atoms with Crippen molar-refractivity contribution in [3.8, 4) is 5.82 Å². The van der Waals surface area contributed by atoms with E-state index in [-0.39, 0.29) is 17.1 Å². The number of nitrogens with zero attached hydrogens (tertiary/aromatic N) is 4. The summed E-state index contributed by atoms with van der Waals surface area (Å²) in [5, 5.41) is 5.33. The van der Waals surface area contributed by atoms with Gasteiger partial charge in [-0.25, -0.2) is 4.98 Å². The van der Waals surface area contributed by atoms with Crippen molar-refractivity contribution in [1.82, 2.24) is 19.3 Å². The van der Waals surface area contributed by atoms with E-state index in [2.05, 4.69) is 5.16 Å². The van der Waals surface area contributed by atoms with Crippen LogP contribution >= 0.6 is 23.1 Å². The quantitative estimate of drug-likeness (QED) is 0.236. The Morgan fingerprint density at radius 3 is 2.58 bits per heavy atom. The Hall–Kier alpha value is -2.65. The molecular formula is C22H24N4O3S2. The van der Waals surface area contributed by atoms with Crippen LogP contribution in [0.25, 0.3) is 16.0 Å². The fourth-order valence-electron chi connectivity index (χ4n) is 3.76. The molecule has 0 atom stereocenters. The zero-order chi connectivity index (χ0) is 22.4. The standard InChI is InChI=1S/C22H24N4O3S2/c1-7-25-21(28)19-13(4)15(6)31-20(19)23-22(25)30-10-17(27)16-8-11(2)26(14(16)5)18-9-12(3)29-24-18/h8-9H,7,10H2,1-6H3. The molecule has 9 heteroatoms. The number of carbonyl (C=O) groups excluding carboxylic acids is 1. The van der Waals surface area contributed by atoms with E-state index in [1.54, 1.807) is 4.57 Å². The minimum Gasteiger partial charge on any atom is -0.360 e. The largest absolute Gasteiger partial charge is 0.360 e. The van der Waals surface area contributed by atoms with Crippen LogP contribution in [0.15, 0.2) is 26.6 Å². The molecule has 0 saturated carbocycles. The molecule has 0 aromatic carbocycles. The second-order valence-electron chi connectivity index (χ2n) is 7.54. The van der Waals surface area contributed by atoms with Crippen LogP contribution < -0.4 is 5.56 Å². The van der Waals surface area contributed by atoms with Crippen LogP contribution in [0.4, 0.5) is 0 Å². The summed E-state index contributed by atoms with van der Waals surface area (Å²) in [6.07, 6.45) is 0. The van der Waals surface area contributed by atoms with Gasteiger partial charge in [-0.2, -0.15) is 0 Å². The highest BCUT2D eigenvalue weighted by Crippen LogP contribution is 2.29. The van der Waals surface area contributed by atoms with Crippen molar-refractivity contribution < 1.29 is 9.32 Å². The van der Waals surface area contributed by atoms with E-state index in [0.717, 1.165) is 26.7 Å². The maximum Gasteiger partial charge on any atom is 0.263 e. The van der Waals surface area contributed by atoms with Crippen molar-refractivity contribution >= 4 is 39.1 Å². The lowest BCUT2D eigenvalue weighted by Gasteiger charge is -2.10. The van der Waals surface area contributed by atoms with Crippen molar-refractivity contribution in [2.24, 2.45) is 0 Å². The zero-order valence-electron chi connectivity index (χ0n) is 18.4. The summed E-state index contributed by atoms with van der Waals surface area (Å²) >= 11 is 2.83. The molecule has 0 fully saturated rings. The average Bonchev–Trinajstić information content (AvgIpc) is 3.36. The number of rotatable bonds is 6. The van der Waals surface area contributed by atoms with Crippen molar-refractivity contribution in [2.75, 3.05) is 5.75 Å². The molecule has 4 heterocycles. The number of hydrogen-bond donors (Lipinski definition) is 0.